The summed E-state index contributed by atoms with van der Waals surface area (Å²) < 4.78 is 29.9. The second kappa shape index (κ2) is 12.2. The lowest BCUT2D eigenvalue weighted by Crippen LogP contribution is -2.41. The summed E-state index contributed by atoms with van der Waals surface area (Å²) in [6.45, 7) is 7.10. The summed E-state index contributed by atoms with van der Waals surface area (Å²) in [6.07, 6.45) is -0.134. The highest BCUT2D eigenvalue weighted by Gasteiger charge is 2.38. The van der Waals surface area contributed by atoms with E-state index in [1.807, 2.05) is 0 Å². The first-order valence-electron chi connectivity index (χ1n) is 12.2. The van der Waals surface area contributed by atoms with Gasteiger partial charge in [-0.3, -0.25) is 14.9 Å². The van der Waals surface area contributed by atoms with Crippen molar-refractivity contribution in [2.45, 2.75) is 52.7 Å². The lowest BCUT2D eigenvalue weighted by molar-refractivity contribution is -0.162. The van der Waals surface area contributed by atoms with Crippen molar-refractivity contribution in [1.82, 2.24) is 5.32 Å². The maximum atomic E-state index is 14.0. The van der Waals surface area contributed by atoms with Gasteiger partial charge in [-0.05, 0) is 82.1 Å². The third kappa shape index (κ3) is 7.41. The van der Waals surface area contributed by atoms with Crippen LogP contribution in [-0.2, 0) is 32.0 Å². The minimum absolute atomic E-state index is 0.00496. The molecule has 2 aromatic rings. The lowest BCUT2D eigenvalue weighted by Gasteiger charge is -2.28. The fraction of sp³-hybridized carbons (Fsp3) is 0.407. The van der Waals surface area contributed by atoms with Crippen LogP contribution in [0.1, 0.15) is 45.2 Å². The maximum Gasteiger partial charge on any atom is 0.413 e. The molecule has 0 aromatic heterocycles. The first-order chi connectivity index (χ1) is 17.9. The number of hydrogen-bond acceptors (Lipinski definition) is 7. The van der Waals surface area contributed by atoms with Crippen molar-refractivity contribution in [1.29, 1.82) is 0 Å². The van der Waals surface area contributed by atoms with E-state index in [1.165, 1.54) is 24.1 Å². The average molecular weight is 546 g/mol. The van der Waals surface area contributed by atoms with Crippen LogP contribution in [0.4, 0.5) is 20.6 Å². The van der Waals surface area contributed by atoms with E-state index in [0.29, 0.717) is 29.1 Å². The molecule has 2 amide bonds. The van der Waals surface area contributed by atoms with Crippen LogP contribution < -0.4 is 20.3 Å². The van der Waals surface area contributed by atoms with Crippen molar-refractivity contribution < 1.29 is 33.0 Å². The highest BCUT2D eigenvalue weighted by atomic mass is 32.1. The van der Waals surface area contributed by atoms with Gasteiger partial charge in [0.1, 0.15) is 23.1 Å². The Hall–Kier alpha value is -3.73. The minimum atomic E-state index is -1.05. The maximum absolute atomic E-state index is 14.0. The van der Waals surface area contributed by atoms with E-state index in [0.717, 1.165) is 5.56 Å². The second-order valence-electron chi connectivity index (χ2n) is 9.66. The van der Waals surface area contributed by atoms with Crippen molar-refractivity contribution in [3.05, 3.63) is 53.3 Å². The van der Waals surface area contributed by atoms with Crippen molar-refractivity contribution in [3.8, 4) is 5.75 Å². The van der Waals surface area contributed by atoms with Gasteiger partial charge in [-0.1, -0.05) is 12.1 Å². The van der Waals surface area contributed by atoms with Gasteiger partial charge in [-0.2, -0.15) is 0 Å². The molecule has 0 bridgehead atoms. The number of thiocarbonyl (C=S) groups is 1. The van der Waals surface area contributed by atoms with E-state index in [4.69, 9.17) is 26.4 Å². The zero-order valence-electron chi connectivity index (χ0n) is 22.1. The fourth-order valence-electron chi connectivity index (χ4n) is 4.05. The van der Waals surface area contributed by atoms with Crippen LogP contribution in [0.2, 0.25) is 0 Å². The Balaban J connectivity index is 2.02. The molecule has 0 fully saturated rings. The fourth-order valence-corrected chi connectivity index (χ4v) is 4.24. The highest BCUT2D eigenvalue weighted by Crippen LogP contribution is 2.39. The minimum Gasteiger partial charge on any atom is -0.494 e. The first kappa shape index (κ1) is 28.8. The summed E-state index contributed by atoms with van der Waals surface area (Å²) in [5, 5.41) is 5.33. The van der Waals surface area contributed by atoms with Gasteiger partial charge in [0.15, 0.2) is 5.11 Å². The first-order valence-corrected chi connectivity index (χ1v) is 12.6. The molecule has 0 saturated carbocycles. The third-order valence-corrected chi connectivity index (χ3v) is 5.82. The number of hydrogen-bond donors (Lipinski definition) is 2. The van der Waals surface area contributed by atoms with Gasteiger partial charge in [-0.25, -0.2) is 9.18 Å². The Morgan fingerprint density at radius 1 is 1.21 bits per heavy atom. The van der Waals surface area contributed by atoms with E-state index < -0.39 is 35.3 Å². The summed E-state index contributed by atoms with van der Waals surface area (Å²) in [5.74, 6) is -2.23. The average Bonchev–Trinajstić information content (AvgIpc) is 2.94. The summed E-state index contributed by atoms with van der Waals surface area (Å²) in [6, 6.07) is 9.32. The molecule has 0 radical (unpaired) electrons. The molecule has 1 aliphatic heterocycles. The molecule has 2 N–H and O–H groups in total. The summed E-state index contributed by atoms with van der Waals surface area (Å²) >= 11 is 5.22. The quantitative estimate of drug-likeness (QED) is 0.305. The normalized spacial score (nSPS) is 15.2. The smallest absolute Gasteiger partial charge is 0.413 e. The molecule has 1 atom stereocenters. The number of methoxy groups -OCH3 is 1. The van der Waals surface area contributed by atoms with Gasteiger partial charge in [-0.15, -0.1) is 0 Å². The number of ether oxygens (including phenoxy) is 3. The number of halogens is 1. The highest BCUT2D eigenvalue weighted by molar-refractivity contribution is 7.80. The largest absolute Gasteiger partial charge is 0.494 e. The Morgan fingerprint density at radius 3 is 2.58 bits per heavy atom. The van der Waals surface area contributed by atoms with Gasteiger partial charge in [0.2, 0.25) is 5.91 Å². The van der Waals surface area contributed by atoms with Gasteiger partial charge in [0.05, 0.1) is 31.6 Å². The molecular formula is C27H32FN3O6S. The van der Waals surface area contributed by atoms with Gasteiger partial charge >= 0.3 is 12.1 Å². The van der Waals surface area contributed by atoms with Crippen LogP contribution in [0.25, 0.3) is 0 Å². The molecule has 38 heavy (non-hydrogen) atoms. The predicted molar refractivity (Wildman–Crippen MR) is 145 cm³/mol. The van der Waals surface area contributed by atoms with Crippen LogP contribution >= 0.6 is 12.2 Å². The number of alkyl carbamates (subject to hydrolysis) is 1. The second-order valence-corrected chi connectivity index (χ2v) is 10.1. The molecule has 2 aromatic carbocycles. The lowest BCUT2D eigenvalue weighted by atomic mass is 9.99. The van der Waals surface area contributed by atoms with Crippen LogP contribution in [-0.4, -0.2) is 42.4 Å². The van der Waals surface area contributed by atoms with E-state index in [2.05, 4.69) is 10.6 Å². The molecule has 11 heteroatoms. The van der Waals surface area contributed by atoms with Gasteiger partial charge < -0.3 is 24.4 Å². The van der Waals surface area contributed by atoms with Crippen LogP contribution in [0, 0.1) is 11.7 Å². The molecule has 1 unspecified atom stereocenters. The van der Waals surface area contributed by atoms with E-state index in [9.17, 15) is 18.8 Å². The SMILES string of the molecule is CCOC(=O)NC(=S)Nc1cc2c(cc1OC)N(Cc1cccc(F)c1)C(=O)C(C(=O)OC(C)(C)C)CC2. The Morgan fingerprint density at radius 2 is 1.95 bits per heavy atom. The van der Waals surface area contributed by atoms with E-state index >= 15 is 0 Å². The predicted octanol–water partition coefficient (Wildman–Crippen LogP) is 4.71. The van der Waals surface area contributed by atoms with Crippen molar-refractivity contribution in [2.24, 2.45) is 5.92 Å². The summed E-state index contributed by atoms with van der Waals surface area (Å²) in [7, 11) is 1.45. The molecule has 3 rings (SSSR count). The van der Waals surface area contributed by atoms with Gasteiger partial charge in [0.25, 0.3) is 0 Å². The molecule has 204 valence electrons. The molecule has 0 aliphatic carbocycles. The molecular weight excluding hydrogens is 513 g/mol. The number of nitrogens with one attached hydrogen (secondary N) is 2. The van der Waals surface area contributed by atoms with Crippen molar-refractivity contribution in [2.75, 3.05) is 23.9 Å². The van der Waals surface area contributed by atoms with Crippen molar-refractivity contribution in [3.63, 3.8) is 0 Å². The zero-order valence-corrected chi connectivity index (χ0v) is 22.9. The molecule has 9 nitrogen and oxygen atoms in total. The molecule has 1 aliphatic rings. The summed E-state index contributed by atoms with van der Waals surface area (Å²) in [5.41, 5.74) is 1.46. The van der Waals surface area contributed by atoms with Gasteiger partial charge in [0, 0.05) is 6.07 Å². The van der Waals surface area contributed by atoms with Crippen LogP contribution in [0.15, 0.2) is 36.4 Å². The van der Waals surface area contributed by atoms with Crippen molar-refractivity contribution >= 4 is 46.7 Å². The number of nitrogens with zero attached hydrogens (tertiary/aromatic N) is 1. The number of fused-ring (bicyclic) bond motifs is 1. The number of aryl methyl sites for hydroxylation is 1. The van der Waals surface area contributed by atoms with E-state index in [-0.39, 0.29) is 24.7 Å². The number of rotatable bonds is 6. The summed E-state index contributed by atoms with van der Waals surface area (Å²) in [4.78, 5) is 40.0. The number of carbonyl (C=O) groups excluding carboxylic acids is 3. The Labute approximate surface area is 226 Å². The third-order valence-electron chi connectivity index (χ3n) is 5.62. The molecule has 0 saturated heterocycles. The number of anilines is 2. The monoisotopic (exact) mass is 545 g/mol. The number of amides is 2. The zero-order chi connectivity index (χ0) is 28.0. The number of carbonyl (C=O) groups is 3. The van der Waals surface area contributed by atoms with E-state index in [1.54, 1.807) is 52.0 Å². The Kier molecular flexibility index (Phi) is 9.26. The Bertz CT molecular complexity index is 1230. The molecule has 0 spiro atoms. The number of benzene rings is 2. The standard InChI is InChI=1S/C27H32FN3O6S/c1-6-36-26(34)30-25(38)29-20-13-17-10-11-19(24(33)37-27(2,3)4)23(32)31(21(17)14-22(20)35-5)15-16-8-7-9-18(28)12-16/h7-9,12-14,19H,6,10-11,15H2,1-5H3,(H2,29,30,34,38). The van der Waals surface area contributed by atoms with Crippen LogP contribution in [0.3, 0.4) is 0 Å². The molecule has 1 heterocycles. The van der Waals surface area contributed by atoms with Crippen LogP contribution in [0.5, 0.6) is 5.75 Å². The topological polar surface area (TPSA) is 106 Å². The number of esters is 1.